The number of piperidine rings is 1. The Morgan fingerprint density at radius 2 is 1.93 bits per heavy atom. The van der Waals surface area contributed by atoms with Crippen LogP contribution in [0.2, 0.25) is 0 Å². The number of nitrogens with zero attached hydrogens (tertiary/aromatic N) is 1. The molecule has 0 aliphatic carbocycles. The third-order valence-electron chi connectivity index (χ3n) is 5.48. The molecule has 0 aromatic heterocycles. The summed E-state index contributed by atoms with van der Waals surface area (Å²) in [6, 6.07) is 14.1. The van der Waals surface area contributed by atoms with Crippen LogP contribution in [0.1, 0.15) is 30.9 Å². The molecule has 1 saturated heterocycles. The zero-order chi connectivity index (χ0) is 20.1. The summed E-state index contributed by atoms with van der Waals surface area (Å²) in [4.78, 5) is 15.0. The lowest BCUT2D eigenvalue weighted by Crippen LogP contribution is -2.40. The smallest absolute Gasteiger partial charge is 0.231 e. The topological polar surface area (TPSA) is 60.0 Å². The van der Waals surface area contributed by atoms with E-state index in [2.05, 4.69) is 22.3 Å². The van der Waals surface area contributed by atoms with Crippen LogP contribution in [0.5, 0.6) is 17.2 Å². The maximum atomic E-state index is 12.6. The lowest BCUT2D eigenvalue weighted by atomic mass is 9.95. The van der Waals surface area contributed by atoms with Crippen LogP contribution in [0.4, 0.5) is 0 Å². The molecule has 1 amide bonds. The Hall–Kier alpha value is -2.73. The molecule has 0 bridgehead atoms. The van der Waals surface area contributed by atoms with Crippen molar-refractivity contribution in [3.63, 3.8) is 0 Å². The van der Waals surface area contributed by atoms with Gasteiger partial charge in [-0.05, 0) is 68.2 Å². The maximum absolute atomic E-state index is 12.6. The Kier molecular flexibility index (Phi) is 6.20. The third kappa shape index (κ3) is 5.01. The first kappa shape index (κ1) is 19.6. The van der Waals surface area contributed by atoms with E-state index in [4.69, 9.17) is 14.2 Å². The van der Waals surface area contributed by atoms with Crippen molar-refractivity contribution in [2.75, 3.05) is 26.5 Å². The van der Waals surface area contributed by atoms with E-state index in [-0.39, 0.29) is 18.6 Å². The van der Waals surface area contributed by atoms with Crippen LogP contribution in [0.3, 0.4) is 0 Å². The standard InChI is InChI=1S/C23H28N2O4/c1-2-27-20-5-3-4-18(12-20)15-25-10-8-19(9-11-25)23(26)24-14-17-6-7-21-22(13-17)29-16-28-21/h3-7,12-13,19H,2,8-11,14-16H2,1H3,(H,24,26). The monoisotopic (exact) mass is 396 g/mol. The van der Waals surface area contributed by atoms with Gasteiger partial charge < -0.3 is 19.5 Å². The summed E-state index contributed by atoms with van der Waals surface area (Å²) in [5.41, 5.74) is 2.27. The van der Waals surface area contributed by atoms with Gasteiger partial charge in [0.2, 0.25) is 12.7 Å². The highest BCUT2D eigenvalue weighted by atomic mass is 16.7. The minimum Gasteiger partial charge on any atom is -0.494 e. The van der Waals surface area contributed by atoms with E-state index >= 15 is 0 Å². The summed E-state index contributed by atoms with van der Waals surface area (Å²) in [6.07, 6.45) is 1.77. The van der Waals surface area contributed by atoms with Crippen molar-refractivity contribution in [1.82, 2.24) is 10.2 Å². The number of carbonyl (C=O) groups excluding carboxylic acids is 1. The molecule has 0 spiro atoms. The number of likely N-dealkylation sites (tertiary alicyclic amines) is 1. The number of carbonyl (C=O) groups is 1. The number of amides is 1. The van der Waals surface area contributed by atoms with Gasteiger partial charge in [-0.25, -0.2) is 0 Å². The highest BCUT2D eigenvalue weighted by Gasteiger charge is 2.25. The molecule has 6 nitrogen and oxygen atoms in total. The van der Waals surface area contributed by atoms with Crippen molar-refractivity contribution in [1.29, 1.82) is 0 Å². The number of hydrogen-bond donors (Lipinski definition) is 1. The SMILES string of the molecule is CCOc1cccc(CN2CCC(C(=O)NCc3ccc4c(c3)OCO4)CC2)c1. The minimum atomic E-state index is 0.0787. The Morgan fingerprint density at radius 1 is 1.10 bits per heavy atom. The highest BCUT2D eigenvalue weighted by Crippen LogP contribution is 2.32. The quantitative estimate of drug-likeness (QED) is 0.778. The first-order valence-corrected chi connectivity index (χ1v) is 10.3. The fraction of sp³-hybridized carbons (Fsp3) is 0.435. The van der Waals surface area contributed by atoms with Crippen molar-refractivity contribution >= 4 is 5.91 Å². The molecule has 0 atom stereocenters. The Morgan fingerprint density at radius 3 is 2.76 bits per heavy atom. The van der Waals surface area contributed by atoms with Crippen LogP contribution in [0, 0.1) is 5.92 Å². The minimum absolute atomic E-state index is 0.0787. The number of benzene rings is 2. The zero-order valence-electron chi connectivity index (χ0n) is 16.9. The van der Waals surface area contributed by atoms with Gasteiger partial charge in [-0.3, -0.25) is 9.69 Å². The lowest BCUT2D eigenvalue weighted by molar-refractivity contribution is -0.126. The summed E-state index contributed by atoms with van der Waals surface area (Å²) in [7, 11) is 0. The van der Waals surface area contributed by atoms with Gasteiger partial charge in [-0.1, -0.05) is 18.2 Å². The Labute approximate surface area is 171 Å². The van der Waals surface area contributed by atoms with Crippen LogP contribution in [0.25, 0.3) is 0 Å². The van der Waals surface area contributed by atoms with Crippen molar-refractivity contribution in [3.05, 3.63) is 53.6 Å². The molecular weight excluding hydrogens is 368 g/mol. The summed E-state index contributed by atoms with van der Waals surface area (Å²) in [5, 5.41) is 3.08. The molecule has 0 radical (unpaired) electrons. The number of nitrogens with one attached hydrogen (secondary N) is 1. The van der Waals surface area contributed by atoms with Crippen LogP contribution in [0.15, 0.2) is 42.5 Å². The molecule has 154 valence electrons. The van der Waals surface area contributed by atoms with E-state index in [0.717, 1.165) is 55.3 Å². The predicted octanol–water partition coefficient (Wildman–Crippen LogP) is 3.34. The molecule has 1 fully saturated rings. The molecule has 4 rings (SSSR count). The second-order valence-electron chi connectivity index (χ2n) is 7.54. The maximum Gasteiger partial charge on any atom is 0.231 e. The van der Waals surface area contributed by atoms with Crippen molar-refractivity contribution in [2.45, 2.75) is 32.9 Å². The average Bonchev–Trinajstić information content (AvgIpc) is 3.21. The van der Waals surface area contributed by atoms with Crippen LogP contribution in [-0.2, 0) is 17.9 Å². The normalized spacial score (nSPS) is 16.6. The van der Waals surface area contributed by atoms with E-state index in [1.165, 1.54) is 5.56 Å². The van der Waals surface area contributed by atoms with Crippen molar-refractivity contribution < 1.29 is 19.0 Å². The third-order valence-corrected chi connectivity index (χ3v) is 5.48. The van der Waals surface area contributed by atoms with Gasteiger partial charge in [0, 0.05) is 19.0 Å². The van der Waals surface area contributed by atoms with E-state index in [0.29, 0.717) is 13.2 Å². The number of rotatable bonds is 7. The van der Waals surface area contributed by atoms with Crippen LogP contribution >= 0.6 is 0 Å². The summed E-state index contributed by atoms with van der Waals surface area (Å²) >= 11 is 0. The molecule has 6 heteroatoms. The van der Waals surface area contributed by atoms with Crippen molar-refractivity contribution in [2.24, 2.45) is 5.92 Å². The molecule has 2 aromatic carbocycles. The fourth-order valence-corrected chi connectivity index (χ4v) is 3.90. The molecular formula is C23H28N2O4. The molecule has 2 aliphatic rings. The van der Waals surface area contributed by atoms with Crippen LogP contribution in [-0.4, -0.2) is 37.3 Å². The Balaban J connectivity index is 1.23. The molecule has 2 aromatic rings. The van der Waals surface area contributed by atoms with E-state index in [1.54, 1.807) is 0 Å². The fourth-order valence-electron chi connectivity index (χ4n) is 3.90. The first-order chi connectivity index (χ1) is 14.2. The van der Waals surface area contributed by atoms with Gasteiger partial charge in [0.1, 0.15) is 5.75 Å². The molecule has 2 heterocycles. The van der Waals surface area contributed by atoms with Gasteiger partial charge in [-0.15, -0.1) is 0 Å². The second-order valence-corrected chi connectivity index (χ2v) is 7.54. The molecule has 0 saturated carbocycles. The summed E-state index contributed by atoms with van der Waals surface area (Å²) < 4.78 is 16.3. The van der Waals surface area contributed by atoms with Gasteiger partial charge >= 0.3 is 0 Å². The molecule has 29 heavy (non-hydrogen) atoms. The van der Waals surface area contributed by atoms with Crippen molar-refractivity contribution in [3.8, 4) is 17.2 Å². The summed E-state index contributed by atoms with van der Waals surface area (Å²) in [5.74, 6) is 2.65. The van der Waals surface area contributed by atoms with Gasteiger partial charge in [-0.2, -0.15) is 0 Å². The van der Waals surface area contributed by atoms with Gasteiger partial charge in [0.25, 0.3) is 0 Å². The van der Waals surface area contributed by atoms with E-state index in [1.807, 2.05) is 37.3 Å². The highest BCUT2D eigenvalue weighted by molar-refractivity contribution is 5.78. The first-order valence-electron chi connectivity index (χ1n) is 10.3. The van der Waals surface area contributed by atoms with E-state index < -0.39 is 0 Å². The zero-order valence-corrected chi connectivity index (χ0v) is 16.9. The molecule has 0 unspecified atom stereocenters. The average molecular weight is 396 g/mol. The largest absolute Gasteiger partial charge is 0.494 e. The number of fused-ring (bicyclic) bond motifs is 1. The van der Waals surface area contributed by atoms with Gasteiger partial charge in [0.15, 0.2) is 11.5 Å². The molecule has 2 aliphatic heterocycles. The lowest BCUT2D eigenvalue weighted by Gasteiger charge is -2.31. The van der Waals surface area contributed by atoms with E-state index in [9.17, 15) is 4.79 Å². The predicted molar refractivity (Wildman–Crippen MR) is 110 cm³/mol. The van der Waals surface area contributed by atoms with Gasteiger partial charge in [0.05, 0.1) is 6.61 Å². The number of ether oxygens (including phenoxy) is 3. The second kappa shape index (κ2) is 9.18. The Bertz CT molecular complexity index is 847. The number of hydrogen-bond acceptors (Lipinski definition) is 5. The molecule has 1 N–H and O–H groups in total. The van der Waals surface area contributed by atoms with Crippen LogP contribution < -0.4 is 19.5 Å². The summed E-state index contributed by atoms with van der Waals surface area (Å²) in [6.45, 7) is 6.21.